The summed E-state index contributed by atoms with van der Waals surface area (Å²) in [6.07, 6.45) is 1.57. The number of rotatable bonds is 4. The Balaban J connectivity index is 2.90. The Morgan fingerprint density at radius 1 is 1.14 bits per heavy atom. The Kier molecular flexibility index (Phi) is 4.53. The largest absolute Gasteiger partial charge is 0.495 e. The molecule has 0 spiro atoms. The highest BCUT2D eigenvalue weighted by atomic mass is 79.9. The quantitative estimate of drug-likeness (QED) is 0.843. The van der Waals surface area contributed by atoms with Crippen LogP contribution in [0.25, 0.3) is 16.8 Å². The second kappa shape index (κ2) is 6.18. The molecule has 2 aromatic rings. The number of aliphatic carboxylic acids is 1. The molecule has 4 nitrogen and oxygen atoms in total. The Morgan fingerprint density at radius 2 is 1.67 bits per heavy atom. The molecule has 0 aliphatic heterocycles. The molecule has 0 aliphatic rings. The zero-order valence-corrected chi connectivity index (χ0v) is 13.5. The van der Waals surface area contributed by atoms with Gasteiger partial charge in [-0.15, -0.1) is 0 Å². The summed E-state index contributed by atoms with van der Waals surface area (Å²) in [7, 11) is 3.14. The van der Waals surface area contributed by atoms with Gasteiger partial charge in [-0.1, -0.05) is 24.3 Å². The number of benzene rings is 2. The average Bonchev–Trinajstić information content (AvgIpc) is 2.48. The van der Waals surface area contributed by atoms with E-state index >= 15 is 0 Å². The number of hydrogen-bond acceptors (Lipinski definition) is 3. The fourth-order valence-electron chi connectivity index (χ4n) is 2.19. The maximum absolute atomic E-state index is 11.1. The smallest absolute Gasteiger partial charge is 0.331 e. The molecule has 0 radical (unpaired) electrons. The van der Waals surface area contributed by atoms with Crippen molar-refractivity contribution in [3.05, 3.63) is 39.9 Å². The summed E-state index contributed by atoms with van der Waals surface area (Å²) in [5, 5.41) is 10.8. The predicted octanol–water partition coefficient (Wildman–Crippen LogP) is 4.11. The minimum atomic E-state index is -0.976. The van der Waals surface area contributed by atoms with Gasteiger partial charge in [0.25, 0.3) is 0 Å². The molecule has 0 fully saturated rings. The van der Waals surface area contributed by atoms with E-state index in [1.165, 1.54) is 6.92 Å². The summed E-state index contributed by atoms with van der Waals surface area (Å²) < 4.78 is 11.6. The lowest BCUT2D eigenvalue weighted by Crippen LogP contribution is -1.99. The standard InChI is InChI=1S/C16H15BrO4/c1-9(16(18)19)8-12-13(17)15(21-3)11-7-5-4-6-10(11)14(12)20-2/h4-8H,1-3H3,(H,18,19)/b9-8-. The highest BCUT2D eigenvalue weighted by Gasteiger charge is 2.18. The van der Waals surface area contributed by atoms with E-state index in [4.69, 9.17) is 14.6 Å². The zero-order chi connectivity index (χ0) is 15.6. The van der Waals surface area contributed by atoms with Crippen molar-refractivity contribution in [1.82, 2.24) is 0 Å². The summed E-state index contributed by atoms with van der Waals surface area (Å²) in [5.41, 5.74) is 0.860. The molecular weight excluding hydrogens is 336 g/mol. The summed E-state index contributed by atoms with van der Waals surface area (Å²) >= 11 is 3.49. The lowest BCUT2D eigenvalue weighted by atomic mass is 10.0. The van der Waals surface area contributed by atoms with Crippen LogP contribution in [0.15, 0.2) is 34.3 Å². The van der Waals surface area contributed by atoms with Gasteiger partial charge in [-0.25, -0.2) is 4.79 Å². The van der Waals surface area contributed by atoms with Gasteiger partial charge in [-0.2, -0.15) is 0 Å². The fourth-order valence-corrected chi connectivity index (χ4v) is 2.86. The van der Waals surface area contributed by atoms with Crippen LogP contribution in [0.3, 0.4) is 0 Å². The van der Waals surface area contributed by atoms with Gasteiger partial charge in [-0.05, 0) is 28.9 Å². The number of carboxylic acids is 1. The van der Waals surface area contributed by atoms with E-state index in [0.29, 0.717) is 21.5 Å². The Bertz CT molecular complexity index is 735. The molecule has 1 N–H and O–H groups in total. The van der Waals surface area contributed by atoms with Crippen LogP contribution in [0, 0.1) is 0 Å². The maximum atomic E-state index is 11.1. The molecule has 21 heavy (non-hydrogen) atoms. The Hall–Kier alpha value is -2.01. The van der Waals surface area contributed by atoms with Crippen LogP contribution < -0.4 is 9.47 Å². The number of carbonyl (C=O) groups is 1. The van der Waals surface area contributed by atoms with Crippen LogP contribution in [0.4, 0.5) is 0 Å². The summed E-state index contributed by atoms with van der Waals surface area (Å²) in [6.45, 7) is 1.54. The molecular formula is C16H15BrO4. The number of halogens is 1. The number of fused-ring (bicyclic) bond motifs is 1. The summed E-state index contributed by atoms with van der Waals surface area (Å²) in [6, 6.07) is 7.65. The van der Waals surface area contributed by atoms with Gasteiger partial charge in [0, 0.05) is 21.9 Å². The molecule has 0 bridgehead atoms. The van der Waals surface area contributed by atoms with E-state index in [-0.39, 0.29) is 5.57 Å². The first-order valence-electron chi connectivity index (χ1n) is 6.25. The SMILES string of the molecule is COc1c(Br)c(/C=C(/C)C(=O)O)c(OC)c2ccccc12. The molecule has 2 aromatic carbocycles. The van der Waals surface area contributed by atoms with Crippen LogP contribution >= 0.6 is 15.9 Å². The Labute approximate surface area is 131 Å². The number of methoxy groups -OCH3 is 2. The lowest BCUT2D eigenvalue weighted by Gasteiger charge is -2.16. The molecule has 0 atom stereocenters. The van der Waals surface area contributed by atoms with Gasteiger partial charge in [0.2, 0.25) is 0 Å². The highest BCUT2D eigenvalue weighted by molar-refractivity contribution is 9.10. The third-order valence-corrected chi connectivity index (χ3v) is 3.99. The topological polar surface area (TPSA) is 55.8 Å². The molecule has 110 valence electrons. The first-order valence-corrected chi connectivity index (χ1v) is 7.04. The molecule has 0 unspecified atom stereocenters. The third-order valence-electron chi connectivity index (χ3n) is 3.20. The average molecular weight is 351 g/mol. The number of ether oxygens (including phenoxy) is 2. The summed E-state index contributed by atoms with van der Waals surface area (Å²) in [4.78, 5) is 11.1. The Morgan fingerprint density at radius 3 is 2.14 bits per heavy atom. The van der Waals surface area contributed by atoms with E-state index < -0.39 is 5.97 Å². The molecule has 0 saturated heterocycles. The van der Waals surface area contributed by atoms with Crippen molar-refractivity contribution in [2.75, 3.05) is 14.2 Å². The molecule has 0 aromatic heterocycles. The van der Waals surface area contributed by atoms with Crippen molar-refractivity contribution in [2.24, 2.45) is 0 Å². The minimum Gasteiger partial charge on any atom is -0.495 e. The first-order chi connectivity index (χ1) is 10.0. The van der Waals surface area contributed by atoms with Gasteiger partial charge >= 0.3 is 5.97 Å². The van der Waals surface area contributed by atoms with Gasteiger partial charge in [0.1, 0.15) is 11.5 Å². The molecule has 5 heteroatoms. The highest BCUT2D eigenvalue weighted by Crippen LogP contribution is 2.44. The van der Waals surface area contributed by atoms with Crippen molar-refractivity contribution >= 4 is 38.7 Å². The van der Waals surface area contributed by atoms with E-state index in [0.717, 1.165) is 10.8 Å². The van der Waals surface area contributed by atoms with Crippen LogP contribution in [-0.2, 0) is 4.79 Å². The monoisotopic (exact) mass is 350 g/mol. The second-order valence-electron chi connectivity index (χ2n) is 4.47. The minimum absolute atomic E-state index is 0.214. The number of carboxylic acid groups (broad SMARTS) is 1. The molecule has 0 heterocycles. The molecule has 0 amide bonds. The molecule has 2 rings (SSSR count). The van der Waals surface area contributed by atoms with Crippen LogP contribution in [0.1, 0.15) is 12.5 Å². The van der Waals surface area contributed by atoms with Crippen LogP contribution in [0.2, 0.25) is 0 Å². The third kappa shape index (κ3) is 2.74. The van der Waals surface area contributed by atoms with E-state index in [9.17, 15) is 4.79 Å². The van der Waals surface area contributed by atoms with Crippen molar-refractivity contribution in [1.29, 1.82) is 0 Å². The molecule has 0 aliphatic carbocycles. The van der Waals surface area contributed by atoms with Crippen LogP contribution in [0.5, 0.6) is 11.5 Å². The predicted molar refractivity (Wildman–Crippen MR) is 86.0 cm³/mol. The summed E-state index contributed by atoms with van der Waals surface area (Å²) in [5.74, 6) is 0.283. The zero-order valence-electron chi connectivity index (χ0n) is 11.9. The second-order valence-corrected chi connectivity index (χ2v) is 5.27. The van der Waals surface area contributed by atoms with Crippen molar-refractivity contribution in [3.63, 3.8) is 0 Å². The molecule has 0 saturated carbocycles. The lowest BCUT2D eigenvalue weighted by molar-refractivity contribution is -0.132. The van der Waals surface area contributed by atoms with Gasteiger partial charge in [0.15, 0.2) is 0 Å². The van der Waals surface area contributed by atoms with E-state index in [1.807, 2.05) is 24.3 Å². The number of hydrogen-bond donors (Lipinski definition) is 1. The van der Waals surface area contributed by atoms with Crippen molar-refractivity contribution in [2.45, 2.75) is 6.92 Å². The van der Waals surface area contributed by atoms with Gasteiger partial charge in [0.05, 0.1) is 18.7 Å². The first kappa shape index (κ1) is 15.4. The fraction of sp³-hybridized carbons (Fsp3) is 0.188. The van der Waals surface area contributed by atoms with E-state index in [1.54, 1.807) is 20.3 Å². The van der Waals surface area contributed by atoms with Gasteiger partial charge < -0.3 is 14.6 Å². The van der Waals surface area contributed by atoms with E-state index in [2.05, 4.69) is 15.9 Å². The van der Waals surface area contributed by atoms with Crippen LogP contribution in [-0.4, -0.2) is 25.3 Å². The maximum Gasteiger partial charge on any atom is 0.331 e. The normalized spacial score (nSPS) is 11.5. The van der Waals surface area contributed by atoms with Gasteiger partial charge in [-0.3, -0.25) is 0 Å². The van der Waals surface area contributed by atoms with Crippen molar-refractivity contribution < 1.29 is 19.4 Å². The van der Waals surface area contributed by atoms with Crippen molar-refractivity contribution in [3.8, 4) is 11.5 Å².